The van der Waals surface area contributed by atoms with Crippen LogP contribution in [0.1, 0.15) is 15.3 Å². The molecule has 0 spiro atoms. The SMILES string of the molecule is Cc1sc2[nH]c(=S)n(Cc3cc(Br)cs3)c(=O)c2c1C. The van der Waals surface area contributed by atoms with E-state index in [0.717, 1.165) is 30.0 Å². The van der Waals surface area contributed by atoms with Gasteiger partial charge in [0.1, 0.15) is 4.83 Å². The van der Waals surface area contributed by atoms with Gasteiger partial charge in [0.15, 0.2) is 4.77 Å². The fraction of sp³-hybridized carbons (Fsp3) is 0.231. The fourth-order valence-electron chi connectivity index (χ4n) is 2.10. The van der Waals surface area contributed by atoms with E-state index in [1.807, 2.05) is 25.3 Å². The lowest BCUT2D eigenvalue weighted by molar-refractivity contribution is 0.744. The van der Waals surface area contributed by atoms with Crippen molar-refractivity contribution in [2.45, 2.75) is 20.4 Å². The van der Waals surface area contributed by atoms with Crippen LogP contribution in [0.4, 0.5) is 0 Å². The molecule has 7 heteroatoms. The van der Waals surface area contributed by atoms with E-state index in [2.05, 4.69) is 20.9 Å². The Bertz CT molecular complexity index is 916. The molecular weight excluding hydrogens is 376 g/mol. The van der Waals surface area contributed by atoms with Gasteiger partial charge < -0.3 is 4.98 Å². The minimum atomic E-state index is -0.00452. The summed E-state index contributed by atoms with van der Waals surface area (Å²) < 4.78 is 3.15. The quantitative estimate of drug-likeness (QED) is 0.652. The summed E-state index contributed by atoms with van der Waals surface area (Å²) >= 11 is 12.0. The Kier molecular flexibility index (Phi) is 3.70. The summed E-state index contributed by atoms with van der Waals surface area (Å²) in [7, 11) is 0. The minimum Gasteiger partial charge on any atom is -0.323 e. The van der Waals surface area contributed by atoms with Gasteiger partial charge >= 0.3 is 0 Å². The number of nitrogens with zero attached hydrogens (tertiary/aromatic N) is 1. The van der Waals surface area contributed by atoms with Crippen LogP contribution < -0.4 is 5.56 Å². The number of fused-ring (bicyclic) bond motifs is 1. The Morgan fingerprint density at radius 3 is 2.85 bits per heavy atom. The summed E-state index contributed by atoms with van der Waals surface area (Å²) in [5.74, 6) is 0. The molecule has 20 heavy (non-hydrogen) atoms. The van der Waals surface area contributed by atoms with Crippen LogP contribution in [0.25, 0.3) is 10.2 Å². The van der Waals surface area contributed by atoms with Crippen LogP contribution in [0.15, 0.2) is 20.7 Å². The number of aromatic nitrogens is 2. The van der Waals surface area contributed by atoms with Crippen molar-refractivity contribution in [3.8, 4) is 0 Å². The number of rotatable bonds is 2. The molecule has 0 fully saturated rings. The third-order valence-electron chi connectivity index (χ3n) is 3.25. The van der Waals surface area contributed by atoms with Gasteiger partial charge in [0.05, 0.1) is 11.9 Å². The molecule has 1 N–H and O–H groups in total. The maximum absolute atomic E-state index is 12.7. The summed E-state index contributed by atoms with van der Waals surface area (Å²) in [5, 5.41) is 2.77. The van der Waals surface area contributed by atoms with Crippen molar-refractivity contribution < 1.29 is 0 Å². The Labute approximate surface area is 137 Å². The van der Waals surface area contributed by atoms with Gasteiger partial charge in [-0.15, -0.1) is 22.7 Å². The minimum absolute atomic E-state index is 0.00452. The average molecular weight is 387 g/mol. The summed E-state index contributed by atoms with van der Waals surface area (Å²) in [6.45, 7) is 4.52. The number of hydrogen-bond donors (Lipinski definition) is 1. The van der Waals surface area contributed by atoms with E-state index >= 15 is 0 Å². The largest absolute Gasteiger partial charge is 0.323 e. The van der Waals surface area contributed by atoms with Crippen LogP contribution in [-0.2, 0) is 6.54 Å². The highest BCUT2D eigenvalue weighted by Crippen LogP contribution is 2.26. The van der Waals surface area contributed by atoms with Crippen LogP contribution >= 0.6 is 50.8 Å². The van der Waals surface area contributed by atoms with E-state index in [9.17, 15) is 4.79 Å². The zero-order valence-corrected chi connectivity index (χ0v) is 14.9. The van der Waals surface area contributed by atoms with E-state index in [1.54, 1.807) is 27.2 Å². The highest BCUT2D eigenvalue weighted by atomic mass is 79.9. The van der Waals surface area contributed by atoms with E-state index in [4.69, 9.17) is 12.2 Å². The van der Waals surface area contributed by atoms with E-state index in [1.165, 1.54) is 0 Å². The van der Waals surface area contributed by atoms with Gasteiger partial charge in [-0.25, -0.2) is 0 Å². The summed E-state index contributed by atoms with van der Waals surface area (Å²) in [6, 6.07) is 2.02. The maximum Gasteiger partial charge on any atom is 0.263 e. The molecule has 0 bridgehead atoms. The molecule has 0 atom stereocenters. The van der Waals surface area contributed by atoms with Crippen LogP contribution in [0.2, 0.25) is 0 Å². The highest BCUT2D eigenvalue weighted by molar-refractivity contribution is 9.10. The number of aromatic amines is 1. The highest BCUT2D eigenvalue weighted by Gasteiger charge is 2.13. The first kappa shape index (κ1) is 14.2. The number of hydrogen-bond acceptors (Lipinski definition) is 4. The number of H-pyrrole nitrogens is 1. The normalized spacial score (nSPS) is 11.3. The number of halogens is 1. The molecule has 3 nitrogen and oxygen atoms in total. The summed E-state index contributed by atoms with van der Waals surface area (Å²) in [6.07, 6.45) is 0. The van der Waals surface area contributed by atoms with Crippen molar-refractivity contribution in [3.05, 3.63) is 46.4 Å². The molecule has 0 saturated carbocycles. The van der Waals surface area contributed by atoms with Gasteiger partial charge in [0.2, 0.25) is 0 Å². The van der Waals surface area contributed by atoms with Crippen LogP contribution in [-0.4, -0.2) is 9.55 Å². The van der Waals surface area contributed by atoms with Crippen LogP contribution in [0, 0.1) is 18.6 Å². The molecule has 0 aliphatic rings. The van der Waals surface area contributed by atoms with Gasteiger partial charge in [0, 0.05) is 19.6 Å². The second-order valence-electron chi connectivity index (χ2n) is 4.54. The molecule has 3 aromatic rings. The Hall–Kier alpha value is -0.760. The molecule has 0 unspecified atom stereocenters. The van der Waals surface area contributed by atoms with Crippen molar-refractivity contribution in [3.63, 3.8) is 0 Å². The molecule has 0 aromatic carbocycles. The smallest absolute Gasteiger partial charge is 0.263 e. The van der Waals surface area contributed by atoms with Crippen molar-refractivity contribution in [1.82, 2.24) is 9.55 Å². The molecular formula is C13H11BrN2OS3. The molecule has 0 aliphatic carbocycles. The Morgan fingerprint density at radius 2 is 2.20 bits per heavy atom. The van der Waals surface area contributed by atoms with E-state index in [0.29, 0.717) is 11.3 Å². The lowest BCUT2D eigenvalue weighted by Gasteiger charge is -2.05. The molecule has 104 valence electrons. The maximum atomic E-state index is 12.7. The standard InChI is InChI=1S/C13H11BrN2OS3/c1-6-7(2)20-11-10(6)12(17)16(13(18)15-11)4-9-3-8(14)5-19-9/h3,5H,4H2,1-2H3,(H,15,18). The van der Waals surface area contributed by atoms with Crippen molar-refractivity contribution >= 4 is 61.0 Å². The first-order valence-electron chi connectivity index (χ1n) is 5.93. The third kappa shape index (κ3) is 2.32. The third-order valence-corrected chi connectivity index (χ3v) is 6.37. The Balaban J connectivity index is 2.23. The van der Waals surface area contributed by atoms with Gasteiger partial charge in [0.25, 0.3) is 5.56 Å². The summed E-state index contributed by atoms with van der Waals surface area (Å²) in [4.78, 5) is 19.0. The van der Waals surface area contributed by atoms with Gasteiger partial charge in [-0.1, -0.05) is 0 Å². The number of thiophene rings is 2. The summed E-state index contributed by atoms with van der Waals surface area (Å²) in [5.41, 5.74) is 1.04. The molecule has 0 saturated heterocycles. The van der Waals surface area contributed by atoms with Crippen LogP contribution in [0.3, 0.4) is 0 Å². The first-order valence-corrected chi connectivity index (χ1v) is 8.83. The zero-order chi connectivity index (χ0) is 14.4. The average Bonchev–Trinajstić information content (AvgIpc) is 2.90. The predicted octanol–water partition coefficient (Wildman–Crippen LogP) is 4.61. The second-order valence-corrected chi connectivity index (χ2v) is 8.06. The van der Waals surface area contributed by atoms with Gasteiger partial charge in [-0.3, -0.25) is 9.36 Å². The first-order chi connectivity index (χ1) is 9.47. The molecule has 0 radical (unpaired) electrons. The fourth-order valence-corrected chi connectivity index (χ4v) is 4.90. The van der Waals surface area contributed by atoms with Crippen LogP contribution in [0.5, 0.6) is 0 Å². The topological polar surface area (TPSA) is 37.8 Å². The molecule has 3 aromatic heterocycles. The molecule has 0 amide bonds. The molecule has 0 aliphatic heterocycles. The lowest BCUT2D eigenvalue weighted by Crippen LogP contribution is -2.22. The van der Waals surface area contributed by atoms with Gasteiger partial charge in [-0.2, -0.15) is 0 Å². The van der Waals surface area contributed by atoms with Crippen molar-refractivity contribution in [2.24, 2.45) is 0 Å². The molecule has 3 rings (SSSR count). The van der Waals surface area contributed by atoms with Crippen molar-refractivity contribution in [2.75, 3.05) is 0 Å². The Morgan fingerprint density at radius 1 is 1.45 bits per heavy atom. The molecule has 3 heterocycles. The van der Waals surface area contributed by atoms with E-state index < -0.39 is 0 Å². The predicted molar refractivity (Wildman–Crippen MR) is 91.9 cm³/mol. The number of aryl methyl sites for hydroxylation is 2. The van der Waals surface area contributed by atoms with Crippen molar-refractivity contribution in [1.29, 1.82) is 0 Å². The number of nitrogens with one attached hydrogen (secondary N) is 1. The van der Waals surface area contributed by atoms with E-state index in [-0.39, 0.29) is 5.56 Å². The lowest BCUT2D eigenvalue weighted by atomic mass is 10.2. The zero-order valence-electron chi connectivity index (χ0n) is 10.8. The second kappa shape index (κ2) is 5.22. The monoisotopic (exact) mass is 386 g/mol. The van der Waals surface area contributed by atoms with Gasteiger partial charge in [-0.05, 0) is 53.6 Å².